The largest absolute Gasteiger partial charge is 0.397 e. The van der Waals surface area contributed by atoms with E-state index in [1.165, 1.54) is 27.8 Å². The normalized spacial score (nSPS) is 11.6. The molecule has 0 aromatic heterocycles. The van der Waals surface area contributed by atoms with Crippen LogP contribution in [0, 0.1) is 0 Å². The van der Waals surface area contributed by atoms with Gasteiger partial charge in [0, 0.05) is 5.56 Å². The smallest absolute Gasteiger partial charge is 0.156 e. The lowest BCUT2D eigenvalue weighted by Gasteiger charge is -2.24. The van der Waals surface area contributed by atoms with Gasteiger partial charge in [0.25, 0.3) is 0 Å². The van der Waals surface area contributed by atoms with E-state index in [1.807, 2.05) is 6.07 Å². The first kappa shape index (κ1) is 21.0. The Morgan fingerprint density at radius 3 is 0.974 bits per heavy atom. The molecule has 6 aromatic rings. The van der Waals surface area contributed by atoms with Gasteiger partial charge in [0.1, 0.15) is 0 Å². The fourth-order valence-electron chi connectivity index (χ4n) is 5.88. The van der Waals surface area contributed by atoms with E-state index in [9.17, 15) is 0 Å². The van der Waals surface area contributed by atoms with Gasteiger partial charge in [0.2, 0.25) is 0 Å². The van der Waals surface area contributed by atoms with Crippen LogP contribution in [0.5, 0.6) is 0 Å². The van der Waals surface area contributed by atoms with Crippen molar-refractivity contribution in [3.8, 4) is 66.8 Å². The van der Waals surface area contributed by atoms with Crippen molar-refractivity contribution in [3.63, 3.8) is 0 Å². The van der Waals surface area contributed by atoms with E-state index in [0.29, 0.717) is 11.4 Å². The Balaban J connectivity index is 1.72. The maximum Gasteiger partial charge on any atom is 0.156 e. The first-order valence-electron chi connectivity index (χ1n) is 13.3. The molecular formula is C36H26N2. The van der Waals surface area contributed by atoms with Gasteiger partial charge >= 0.3 is 0 Å². The van der Waals surface area contributed by atoms with Crippen LogP contribution in [-0.2, 0) is 0 Å². The summed E-state index contributed by atoms with van der Waals surface area (Å²) in [5.41, 5.74) is 24.0. The molecule has 38 heavy (non-hydrogen) atoms. The lowest BCUT2D eigenvalue weighted by atomic mass is 9.80. The van der Waals surface area contributed by atoms with Crippen molar-refractivity contribution in [2.75, 3.05) is 11.5 Å². The summed E-state index contributed by atoms with van der Waals surface area (Å²) in [4.78, 5) is 0. The lowest BCUT2D eigenvalue weighted by Crippen LogP contribution is -2.02. The number of benzene rings is 6. The molecule has 0 spiro atoms. The van der Waals surface area contributed by atoms with E-state index in [2.05, 4.69) is 133 Å². The van der Waals surface area contributed by atoms with Crippen molar-refractivity contribution in [3.05, 3.63) is 133 Å². The summed E-state index contributed by atoms with van der Waals surface area (Å²) in [6.45, 7) is 0. The monoisotopic (exact) mass is 487 g/mol. The molecule has 7 rings (SSSR count). The third-order valence-corrected chi connectivity index (χ3v) is 7.60. The van der Waals surface area contributed by atoms with Gasteiger partial charge in [-0.25, -0.2) is 0 Å². The molecule has 0 saturated carbocycles. The number of hydrogen-bond donors (Lipinski definition) is 2. The molecule has 0 bridgehead atoms. The highest BCUT2D eigenvalue weighted by atomic mass is 14.7. The number of anilines is 2. The Hall–Kier alpha value is -5.08. The third-order valence-electron chi connectivity index (χ3n) is 7.60. The third kappa shape index (κ3) is 3.35. The Labute approximate surface area is 224 Å². The molecular weight excluding hydrogens is 460 g/mol. The van der Waals surface area contributed by atoms with Gasteiger partial charge in [0.05, 0.1) is 11.4 Å². The summed E-state index contributed by atoms with van der Waals surface area (Å²) in [5, 5.41) is 0. The molecule has 0 atom stereocenters. The Kier molecular flexibility index (Phi) is 4.87. The number of fused-ring (bicyclic) bond motifs is 12. The van der Waals surface area contributed by atoms with Crippen LogP contribution >= 0.6 is 0 Å². The van der Waals surface area contributed by atoms with Crippen LogP contribution < -0.4 is 11.5 Å². The van der Waals surface area contributed by atoms with Crippen molar-refractivity contribution < 1.29 is 1.41 Å². The first-order valence-corrected chi connectivity index (χ1v) is 12.8. The zero-order valence-corrected chi connectivity index (χ0v) is 20.8. The van der Waals surface area contributed by atoms with Gasteiger partial charge < -0.3 is 11.5 Å². The highest BCUT2D eigenvalue weighted by molar-refractivity contribution is 6.07. The molecule has 0 saturated heterocycles. The fourth-order valence-corrected chi connectivity index (χ4v) is 5.88. The maximum atomic E-state index is 7.94. The summed E-state index contributed by atoms with van der Waals surface area (Å²) in [6, 6.07) is 46.9. The summed E-state index contributed by atoms with van der Waals surface area (Å²) < 4.78 is 7.94. The zero-order chi connectivity index (χ0) is 26.3. The lowest BCUT2D eigenvalue weighted by molar-refractivity contribution is 1.52. The number of rotatable bonds is 1. The summed E-state index contributed by atoms with van der Waals surface area (Å²) >= 11 is 0. The van der Waals surface area contributed by atoms with Crippen LogP contribution in [0.3, 0.4) is 0 Å². The van der Waals surface area contributed by atoms with Crippen molar-refractivity contribution in [1.82, 2.24) is 0 Å². The maximum absolute atomic E-state index is 7.94. The second-order valence-corrected chi connectivity index (χ2v) is 9.68. The molecule has 4 N–H and O–H groups in total. The van der Waals surface area contributed by atoms with Gasteiger partial charge in [0.15, 0.2) is 1.41 Å². The molecule has 2 nitrogen and oxygen atoms in total. The molecule has 0 fully saturated rings. The van der Waals surface area contributed by atoms with Crippen LogP contribution in [0.1, 0.15) is 0 Å². The molecule has 1 aliphatic rings. The zero-order valence-electron chi connectivity index (χ0n) is 21.8. The highest BCUT2D eigenvalue weighted by Crippen LogP contribution is 2.50. The first-order chi connectivity index (χ1) is 19.3. The predicted molar refractivity (Wildman–Crippen MR) is 161 cm³/mol. The Morgan fingerprint density at radius 2 is 0.632 bits per heavy atom. The van der Waals surface area contributed by atoms with Crippen molar-refractivity contribution in [1.29, 1.82) is 0 Å². The predicted octanol–water partition coefficient (Wildman–Crippen LogP) is 9.17. The second-order valence-electron chi connectivity index (χ2n) is 9.68. The Morgan fingerprint density at radius 1 is 0.342 bits per heavy atom. The van der Waals surface area contributed by atoms with Crippen molar-refractivity contribution >= 4 is 11.4 Å². The topological polar surface area (TPSA) is 52.0 Å². The van der Waals surface area contributed by atoms with Gasteiger partial charge in [-0.05, 0) is 67.3 Å². The van der Waals surface area contributed by atoms with Gasteiger partial charge in [-0.2, -0.15) is 0 Å². The Bertz CT molecular complexity index is 1860. The summed E-state index contributed by atoms with van der Waals surface area (Å²) in [6.07, 6.45) is 0. The van der Waals surface area contributed by atoms with Gasteiger partial charge in [-0.15, -0.1) is 0 Å². The standard InChI is InChI=1S/C36H26N2/c37-34-22-21-33-31-19-8-7-17-29(31)27-15-4-3-13-25(27)23-11-1-2-12-24(23)26-14-5-6-16-28(26)30-18-9-10-20-32(30)35(33)36(34)38/h1-22H,37-38H2/i/hD. The van der Waals surface area contributed by atoms with Gasteiger partial charge in [-0.3, -0.25) is 0 Å². The van der Waals surface area contributed by atoms with E-state index in [-0.39, 0.29) is 0 Å². The minimum Gasteiger partial charge on any atom is -0.397 e. The summed E-state index contributed by atoms with van der Waals surface area (Å²) in [7, 11) is 0. The SMILES string of the molecule is [2H]Nc1ccc2c(c1N)-c1ccccc1-c1ccccc1-c1ccccc1-c1ccccc1-c1ccccc1-2. The molecule has 0 heterocycles. The van der Waals surface area contributed by atoms with Crippen LogP contribution in [0.4, 0.5) is 11.4 Å². The number of nitrogens with two attached hydrogens (primary N) is 2. The second kappa shape index (κ2) is 8.79. The minimum absolute atomic E-state index is 0.563. The highest BCUT2D eigenvalue weighted by Gasteiger charge is 2.23. The molecule has 0 aliphatic heterocycles. The van der Waals surface area contributed by atoms with E-state index < -0.39 is 0 Å². The van der Waals surface area contributed by atoms with E-state index >= 15 is 0 Å². The molecule has 1 aliphatic carbocycles. The van der Waals surface area contributed by atoms with Crippen molar-refractivity contribution in [2.24, 2.45) is 0 Å². The van der Waals surface area contributed by atoms with Gasteiger partial charge in [-0.1, -0.05) is 127 Å². The molecule has 0 amide bonds. The average molecular weight is 488 g/mol. The van der Waals surface area contributed by atoms with E-state index in [4.69, 9.17) is 7.15 Å². The molecule has 0 unspecified atom stereocenters. The van der Waals surface area contributed by atoms with Crippen LogP contribution in [0.15, 0.2) is 133 Å². The average Bonchev–Trinajstić information content (AvgIpc) is 3.00. The molecule has 2 heteroatoms. The summed E-state index contributed by atoms with van der Waals surface area (Å²) in [5.74, 6) is 0. The fraction of sp³-hybridized carbons (Fsp3) is 0. The van der Waals surface area contributed by atoms with E-state index in [1.54, 1.807) is 0 Å². The van der Waals surface area contributed by atoms with Crippen LogP contribution in [-0.4, -0.2) is 0 Å². The molecule has 6 aromatic carbocycles. The van der Waals surface area contributed by atoms with Crippen LogP contribution in [0.25, 0.3) is 66.8 Å². The van der Waals surface area contributed by atoms with Crippen molar-refractivity contribution in [2.45, 2.75) is 0 Å². The van der Waals surface area contributed by atoms with Crippen LogP contribution in [0.2, 0.25) is 1.41 Å². The number of nitrogen functional groups attached to an aromatic ring is 2. The number of hydrogen-bond acceptors (Lipinski definition) is 2. The quantitative estimate of drug-likeness (QED) is 0.227. The molecule has 0 radical (unpaired) electrons. The van der Waals surface area contributed by atoms with E-state index in [0.717, 1.165) is 38.9 Å². The minimum atomic E-state index is 0.563. The molecule has 180 valence electrons.